The molecular formula is C37H24N4O. The summed E-state index contributed by atoms with van der Waals surface area (Å²) in [5.41, 5.74) is 11.5. The van der Waals surface area contributed by atoms with Gasteiger partial charge in [0.05, 0.1) is 33.1 Å². The van der Waals surface area contributed by atoms with Crippen LogP contribution >= 0.6 is 0 Å². The Kier molecular flexibility index (Phi) is 4.75. The molecule has 5 aromatic heterocycles. The first-order valence-corrected chi connectivity index (χ1v) is 14.1. The molecule has 0 saturated carbocycles. The van der Waals surface area contributed by atoms with Crippen LogP contribution < -0.4 is 0 Å². The second-order valence-corrected chi connectivity index (χ2v) is 10.7. The van der Waals surface area contributed by atoms with Crippen molar-refractivity contribution in [2.45, 2.75) is 6.42 Å². The highest BCUT2D eigenvalue weighted by molar-refractivity contribution is 6.11. The van der Waals surface area contributed by atoms with E-state index in [1.165, 1.54) is 5.56 Å². The summed E-state index contributed by atoms with van der Waals surface area (Å²) in [6, 6.07) is 36.2. The number of rotatable bonds is 4. The second-order valence-electron chi connectivity index (χ2n) is 10.7. The lowest BCUT2D eigenvalue weighted by atomic mass is 10.1. The maximum atomic E-state index is 6.34. The molecule has 0 aliphatic heterocycles. The Morgan fingerprint density at radius 1 is 0.571 bits per heavy atom. The minimum atomic E-state index is 0.826. The summed E-state index contributed by atoms with van der Waals surface area (Å²) in [4.78, 5) is 9.49. The molecule has 5 nitrogen and oxygen atoms in total. The van der Waals surface area contributed by atoms with Crippen molar-refractivity contribution in [2.24, 2.45) is 0 Å². The number of furan rings is 1. The van der Waals surface area contributed by atoms with E-state index in [-0.39, 0.29) is 0 Å². The first kappa shape index (κ1) is 23.1. The van der Waals surface area contributed by atoms with Crippen LogP contribution in [0.2, 0.25) is 0 Å². The smallest absolute Gasteiger partial charge is 0.135 e. The van der Waals surface area contributed by atoms with Crippen LogP contribution in [0, 0.1) is 0 Å². The van der Waals surface area contributed by atoms with Crippen LogP contribution in [0.1, 0.15) is 5.56 Å². The SMILES string of the molecule is C=CCc1ccc2c(c1)c1ncccc1n2-c1ccc2oc3ccc(-n4c5ccccc5c5ncccc54)cc3c2c1. The normalized spacial score (nSPS) is 12.0. The highest BCUT2D eigenvalue weighted by Gasteiger charge is 2.17. The van der Waals surface area contributed by atoms with Gasteiger partial charge in [0.15, 0.2) is 0 Å². The predicted molar refractivity (Wildman–Crippen MR) is 172 cm³/mol. The topological polar surface area (TPSA) is 48.8 Å². The standard InChI is InChI=1S/C37H24N4O/c1-2-7-23-12-15-31-29(20-23)37-33(11-6-19-39-37)41(31)25-14-17-35-28(22-25)27-21-24(13-16-34(27)42-35)40-30-9-4-3-8-26(30)36-32(40)10-5-18-38-36/h2-6,8-22H,1,7H2. The highest BCUT2D eigenvalue weighted by Crippen LogP contribution is 2.37. The number of hydrogen-bond donors (Lipinski definition) is 0. The third-order valence-electron chi connectivity index (χ3n) is 8.34. The van der Waals surface area contributed by atoms with Crippen molar-refractivity contribution in [2.75, 3.05) is 0 Å². The van der Waals surface area contributed by atoms with Crippen LogP contribution in [0.5, 0.6) is 0 Å². The molecule has 0 radical (unpaired) electrons. The molecule has 4 aromatic carbocycles. The lowest BCUT2D eigenvalue weighted by Crippen LogP contribution is -1.94. The Labute approximate surface area is 240 Å². The summed E-state index contributed by atoms with van der Waals surface area (Å²) >= 11 is 0. The van der Waals surface area contributed by atoms with E-state index in [1.54, 1.807) is 0 Å². The lowest BCUT2D eigenvalue weighted by molar-refractivity contribution is 0.669. The number of benzene rings is 4. The second kappa shape index (κ2) is 8.66. The van der Waals surface area contributed by atoms with Crippen LogP contribution in [-0.4, -0.2) is 19.1 Å². The molecule has 0 amide bonds. The number of pyridine rings is 2. The number of allylic oxidation sites excluding steroid dienone is 1. The van der Waals surface area contributed by atoms with Gasteiger partial charge in [-0.3, -0.25) is 9.97 Å². The Morgan fingerprint density at radius 2 is 1.17 bits per heavy atom. The molecule has 9 rings (SSSR count). The Balaban J connectivity index is 1.29. The van der Waals surface area contributed by atoms with Gasteiger partial charge in [0.2, 0.25) is 0 Å². The molecule has 198 valence electrons. The number of para-hydroxylation sites is 1. The van der Waals surface area contributed by atoms with E-state index in [4.69, 9.17) is 14.4 Å². The summed E-state index contributed by atoms with van der Waals surface area (Å²) < 4.78 is 10.9. The molecular weight excluding hydrogens is 516 g/mol. The summed E-state index contributed by atoms with van der Waals surface area (Å²) in [6.07, 6.45) is 6.49. The van der Waals surface area contributed by atoms with Gasteiger partial charge in [-0.25, -0.2) is 0 Å². The van der Waals surface area contributed by atoms with Crippen LogP contribution in [0.25, 0.3) is 77.2 Å². The molecule has 5 heterocycles. The van der Waals surface area contributed by atoms with Crippen molar-refractivity contribution >= 4 is 65.8 Å². The number of nitrogens with zero attached hydrogens (tertiary/aromatic N) is 4. The number of aromatic nitrogens is 4. The van der Waals surface area contributed by atoms with Gasteiger partial charge >= 0.3 is 0 Å². The first-order chi connectivity index (χ1) is 20.8. The molecule has 0 atom stereocenters. The molecule has 0 aliphatic rings. The van der Waals surface area contributed by atoms with Crippen LogP contribution in [0.4, 0.5) is 0 Å². The summed E-state index contributed by atoms with van der Waals surface area (Å²) in [7, 11) is 0. The number of fused-ring (bicyclic) bond motifs is 9. The Hall–Kier alpha value is -5.68. The van der Waals surface area contributed by atoms with E-state index in [0.717, 1.165) is 83.6 Å². The molecule has 0 unspecified atom stereocenters. The lowest BCUT2D eigenvalue weighted by Gasteiger charge is -2.09. The quantitative estimate of drug-likeness (QED) is 0.209. The summed E-state index contributed by atoms with van der Waals surface area (Å²) in [6.45, 7) is 3.92. The van der Waals surface area contributed by atoms with E-state index in [0.29, 0.717) is 0 Å². The minimum Gasteiger partial charge on any atom is -0.456 e. The van der Waals surface area contributed by atoms with Gasteiger partial charge in [-0.1, -0.05) is 30.3 Å². The van der Waals surface area contributed by atoms with Crippen molar-refractivity contribution < 1.29 is 4.42 Å². The van der Waals surface area contributed by atoms with Gasteiger partial charge in [0, 0.05) is 45.3 Å². The summed E-state index contributed by atoms with van der Waals surface area (Å²) in [5.74, 6) is 0. The monoisotopic (exact) mass is 540 g/mol. The van der Waals surface area contributed by atoms with E-state index in [2.05, 4.69) is 107 Å². The van der Waals surface area contributed by atoms with E-state index >= 15 is 0 Å². The van der Waals surface area contributed by atoms with Gasteiger partial charge in [-0.15, -0.1) is 6.58 Å². The minimum absolute atomic E-state index is 0.826. The van der Waals surface area contributed by atoms with Crippen molar-refractivity contribution in [1.29, 1.82) is 0 Å². The molecule has 0 bridgehead atoms. The average molecular weight is 541 g/mol. The van der Waals surface area contributed by atoms with Gasteiger partial charge < -0.3 is 13.6 Å². The highest BCUT2D eigenvalue weighted by atomic mass is 16.3. The van der Waals surface area contributed by atoms with Gasteiger partial charge in [0.1, 0.15) is 11.2 Å². The molecule has 0 aliphatic carbocycles. The summed E-state index contributed by atoms with van der Waals surface area (Å²) in [5, 5.41) is 4.44. The number of hydrogen-bond acceptors (Lipinski definition) is 3. The predicted octanol–water partition coefficient (Wildman–Crippen LogP) is 9.30. The molecule has 0 spiro atoms. The zero-order valence-electron chi connectivity index (χ0n) is 22.7. The van der Waals surface area contributed by atoms with Gasteiger partial charge in [0.25, 0.3) is 0 Å². The molecule has 5 heteroatoms. The first-order valence-electron chi connectivity index (χ1n) is 14.1. The maximum Gasteiger partial charge on any atom is 0.135 e. The van der Waals surface area contributed by atoms with Crippen molar-refractivity contribution in [1.82, 2.24) is 19.1 Å². The maximum absolute atomic E-state index is 6.34. The molecule has 42 heavy (non-hydrogen) atoms. The Morgan fingerprint density at radius 3 is 1.83 bits per heavy atom. The fraction of sp³-hybridized carbons (Fsp3) is 0.0270. The largest absolute Gasteiger partial charge is 0.456 e. The molecule has 0 fully saturated rings. The van der Waals surface area contributed by atoms with Crippen LogP contribution in [0.15, 0.2) is 133 Å². The average Bonchev–Trinajstić information content (AvgIpc) is 3.68. The van der Waals surface area contributed by atoms with Gasteiger partial charge in [-0.05, 0) is 90.8 Å². The van der Waals surface area contributed by atoms with Gasteiger partial charge in [-0.2, -0.15) is 0 Å². The van der Waals surface area contributed by atoms with Crippen LogP contribution in [0.3, 0.4) is 0 Å². The zero-order valence-corrected chi connectivity index (χ0v) is 22.7. The van der Waals surface area contributed by atoms with E-state index < -0.39 is 0 Å². The third-order valence-corrected chi connectivity index (χ3v) is 8.34. The fourth-order valence-corrected chi connectivity index (χ4v) is 6.55. The fourth-order valence-electron chi connectivity index (χ4n) is 6.55. The van der Waals surface area contributed by atoms with E-state index in [1.807, 2.05) is 30.6 Å². The van der Waals surface area contributed by atoms with Crippen molar-refractivity contribution in [3.8, 4) is 11.4 Å². The van der Waals surface area contributed by atoms with Crippen molar-refractivity contribution in [3.63, 3.8) is 0 Å². The van der Waals surface area contributed by atoms with E-state index in [9.17, 15) is 0 Å². The molecule has 0 saturated heterocycles. The zero-order chi connectivity index (χ0) is 27.8. The molecule has 0 N–H and O–H groups in total. The Bertz CT molecular complexity index is 2470. The molecule has 9 aromatic rings. The van der Waals surface area contributed by atoms with Crippen LogP contribution in [-0.2, 0) is 6.42 Å². The van der Waals surface area contributed by atoms with Crippen molar-refractivity contribution in [3.05, 3.63) is 134 Å². The third kappa shape index (κ3) is 3.19.